The van der Waals surface area contributed by atoms with Gasteiger partial charge >= 0.3 is 0 Å². The Balaban J connectivity index is 1.84. The van der Waals surface area contributed by atoms with Crippen LogP contribution in [0, 0.1) is 20.8 Å². The highest BCUT2D eigenvalue weighted by molar-refractivity contribution is 7.80. The molecule has 4 heterocycles. The van der Waals surface area contributed by atoms with Crippen molar-refractivity contribution in [2.45, 2.75) is 32.9 Å². The molecule has 0 unspecified atom stereocenters. The summed E-state index contributed by atoms with van der Waals surface area (Å²) in [5.41, 5.74) is 5.47. The average molecular weight is 408 g/mol. The van der Waals surface area contributed by atoms with Gasteiger partial charge in [-0.15, -0.1) is 0 Å². The molecule has 0 aromatic carbocycles. The van der Waals surface area contributed by atoms with Crippen molar-refractivity contribution in [2.24, 2.45) is 0 Å². The van der Waals surface area contributed by atoms with E-state index in [1.807, 2.05) is 30.5 Å². The smallest absolute Gasteiger partial charge is 0.170 e. The normalized spacial score (nSPS) is 18.9. The second-order valence-electron chi connectivity index (χ2n) is 7.40. The van der Waals surface area contributed by atoms with Gasteiger partial charge in [-0.25, -0.2) is 4.98 Å². The minimum absolute atomic E-state index is 0.0332. The van der Waals surface area contributed by atoms with Gasteiger partial charge in [0.1, 0.15) is 5.82 Å². The van der Waals surface area contributed by atoms with Gasteiger partial charge in [-0.3, -0.25) is 4.98 Å². The van der Waals surface area contributed by atoms with Crippen LogP contribution in [-0.4, -0.2) is 42.8 Å². The fourth-order valence-corrected chi connectivity index (χ4v) is 4.51. The van der Waals surface area contributed by atoms with Crippen molar-refractivity contribution in [3.63, 3.8) is 0 Å². The van der Waals surface area contributed by atoms with Gasteiger partial charge in [-0.1, -0.05) is 6.07 Å². The van der Waals surface area contributed by atoms with Crippen LogP contribution in [0.2, 0.25) is 0 Å². The van der Waals surface area contributed by atoms with Gasteiger partial charge in [-0.05, 0) is 74.4 Å². The summed E-state index contributed by atoms with van der Waals surface area (Å²) in [6.07, 6.45) is 3.63. The van der Waals surface area contributed by atoms with Gasteiger partial charge < -0.3 is 19.9 Å². The highest BCUT2D eigenvalue weighted by Crippen LogP contribution is 2.41. The zero-order valence-corrected chi connectivity index (χ0v) is 17.6. The van der Waals surface area contributed by atoms with E-state index in [1.54, 1.807) is 6.20 Å². The molecule has 0 amide bonds. The number of thiocarbonyl (C=S) groups is 1. The number of pyridine rings is 2. The highest BCUT2D eigenvalue weighted by Gasteiger charge is 2.41. The Bertz CT molecular complexity index is 1030. The standard InChI is InChI=1S/C22H25N5OS/c1-14-7-9-24-19(12-14)27-15(2)13-17(16(27)3)21-20(18-6-4-5-8-23-18)25-22(29)26(21)10-11-28/h4-9,12-13,20-21,28H,10-11H2,1-3H3,(H,25,29)/t20-,21+/m0/s1. The lowest BCUT2D eigenvalue weighted by Crippen LogP contribution is -2.32. The molecule has 0 radical (unpaired) electrons. The molecule has 2 atom stereocenters. The summed E-state index contributed by atoms with van der Waals surface area (Å²) in [7, 11) is 0. The fourth-order valence-electron chi connectivity index (χ4n) is 4.17. The lowest BCUT2D eigenvalue weighted by molar-refractivity contribution is 0.223. The fraction of sp³-hybridized carbons (Fsp3) is 0.318. The molecule has 1 aliphatic heterocycles. The van der Waals surface area contributed by atoms with Crippen LogP contribution in [0.1, 0.15) is 40.3 Å². The molecule has 150 valence electrons. The van der Waals surface area contributed by atoms with Crippen molar-refractivity contribution in [3.05, 3.63) is 77.0 Å². The van der Waals surface area contributed by atoms with Crippen LogP contribution in [0.3, 0.4) is 0 Å². The summed E-state index contributed by atoms with van der Waals surface area (Å²) in [4.78, 5) is 11.2. The first-order valence-electron chi connectivity index (χ1n) is 9.72. The summed E-state index contributed by atoms with van der Waals surface area (Å²) in [6.45, 7) is 6.77. The number of nitrogens with one attached hydrogen (secondary N) is 1. The van der Waals surface area contributed by atoms with Gasteiger partial charge in [0.05, 0.1) is 24.4 Å². The van der Waals surface area contributed by atoms with E-state index in [0.717, 1.165) is 28.5 Å². The summed E-state index contributed by atoms with van der Waals surface area (Å²) in [5, 5.41) is 13.7. The molecule has 0 aliphatic carbocycles. The summed E-state index contributed by atoms with van der Waals surface area (Å²) in [5.74, 6) is 0.905. The van der Waals surface area contributed by atoms with Crippen LogP contribution >= 0.6 is 12.2 Å². The van der Waals surface area contributed by atoms with E-state index >= 15 is 0 Å². The molecule has 0 bridgehead atoms. The van der Waals surface area contributed by atoms with Crippen molar-refractivity contribution < 1.29 is 5.11 Å². The molecule has 3 aromatic rings. The molecule has 2 N–H and O–H groups in total. The Labute approximate surface area is 176 Å². The Morgan fingerprint density at radius 1 is 1.10 bits per heavy atom. The molecule has 0 saturated carbocycles. The van der Waals surface area contributed by atoms with Gasteiger partial charge in [0.25, 0.3) is 0 Å². The summed E-state index contributed by atoms with van der Waals surface area (Å²) < 4.78 is 2.18. The SMILES string of the molecule is Cc1ccnc(-n2c(C)cc([C@@H]3[C@H](c4ccccn4)NC(=S)N3CCO)c2C)c1. The van der Waals surface area contributed by atoms with Crippen molar-refractivity contribution in [1.29, 1.82) is 0 Å². The molecule has 29 heavy (non-hydrogen) atoms. The Hall–Kier alpha value is -2.77. The van der Waals surface area contributed by atoms with E-state index in [2.05, 4.69) is 57.7 Å². The molecule has 1 fully saturated rings. The van der Waals surface area contributed by atoms with Gasteiger partial charge in [0.15, 0.2) is 5.11 Å². The first-order chi connectivity index (χ1) is 14.0. The van der Waals surface area contributed by atoms with Crippen molar-refractivity contribution in [3.8, 4) is 5.82 Å². The molecular formula is C22H25N5OS. The monoisotopic (exact) mass is 407 g/mol. The molecule has 4 rings (SSSR count). The zero-order chi connectivity index (χ0) is 20.5. The molecule has 1 aliphatic rings. The Morgan fingerprint density at radius 3 is 2.62 bits per heavy atom. The van der Waals surface area contributed by atoms with E-state index in [0.29, 0.717) is 11.7 Å². The number of aryl methyl sites for hydroxylation is 2. The first kappa shape index (κ1) is 19.5. The molecule has 0 spiro atoms. The van der Waals surface area contributed by atoms with Crippen LogP contribution in [0.5, 0.6) is 0 Å². The topological polar surface area (TPSA) is 66.2 Å². The van der Waals surface area contributed by atoms with Crippen molar-refractivity contribution in [1.82, 2.24) is 24.8 Å². The second-order valence-corrected chi connectivity index (χ2v) is 7.78. The van der Waals surface area contributed by atoms with Gasteiger partial charge in [-0.2, -0.15) is 0 Å². The van der Waals surface area contributed by atoms with E-state index in [4.69, 9.17) is 12.2 Å². The number of aliphatic hydroxyl groups excluding tert-OH is 1. The average Bonchev–Trinajstić information content (AvgIpc) is 3.18. The van der Waals surface area contributed by atoms with Gasteiger partial charge in [0.2, 0.25) is 0 Å². The molecular weight excluding hydrogens is 382 g/mol. The highest BCUT2D eigenvalue weighted by atomic mass is 32.1. The third kappa shape index (κ3) is 3.52. The number of hydrogen-bond acceptors (Lipinski definition) is 4. The third-order valence-corrected chi connectivity index (χ3v) is 5.81. The predicted molar refractivity (Wildman–Crippen MR) is 117 cm³/mol. The lowest BCUT2D eigenvalue weighted by Gasteiger charge is -2.27. The van der Waals surface area contributed by atoms with E-state index in [9.17, 15) is 5.11 Å². The summed E-state index contributed by atoms with van der Waals surface area (Å²) >= 11 is 5.61. The first-order valence-corrected chi connectivity index (χ1v) is 10.1. The third-order valence-electron chi connectivity index (χ3n) is 5.46. The van der Waals surface area contributed by atoms with E-state index in [-0.39, 0.29) is 18.7 Å². The summed E-state index contributed by atoms with van der Waals surface area (Å²) in [6, 6.07) is 12.0. The number of aliphatic hydroxyl groups is 1. The van der Waals surface area contributed by atoms with Crippen molar-refractivity contribution >= 4 is 17.3 Å². The molecule has 3 aromatic heterocycles. The van der Waals surface area contributed by atoms with E-state index in [1.165, 1.54) is 5.56 Å². The van der Waals surface area contributed by atoms with Crippen LogP contribution in [-0.2, 0) is 0 Å². The quantitative estimate of drug-likeness (QED) is 0.634. The van der Waals surface area contributed by atoms with Crippen molar-refractivity contribution in [2.75, 3.05) is 13.2 Å². The minimum Gasteiger partial charge on any atom is -0.395 e. The Morgan fingerprint density at radius 2 is 1.93 bits per heavy atom. The second kappa shape index (κ2) is 7.93. The number of hydrogen-bond donors (Lipinski definition) is 2. The maximum atomic E-state index is 9.64. The van der Waals surface area contributed by atoms with Crippen LogP contribution in [0.15, 0.2) is 48.8 Å². The number of rotatable bonds is 5. The maximum Gasteiger partial charge on any atom is 0.170 e. The minimum atomic E-state index is -0.0883. The molecule has 7 heteroatoms. The van der Waals surface area contributed by atoms with Crippen LogP contribution < -0.4 is 5.32 Å². The largest absolute Gasteiger partial charge is 0.395 e. The number of nitrogens with zero attached hydrogens (tertiary/aromatic N) is 4. The zero-order valence-electron chi connectivity index (χ0n) is 16.8. The maximum absolute atomic E-state index is 9.64. The van der Waals surface area contributed by atoms with Crippen LogP contribution in [0.25, 0.3) is 5.82 Å². The number of aromatic nitrogens is 3. The lowest BCUT2D eigenvalue weighted by atomic mass is 9.97. The van der Waals surface area contributed by atoms with Gasteiger partial charge in [0, 0.05) is 30.3 Å². The predicted octanol–water partition coefficient (Wildman–Crippen LogP) is 3.16. The van der Waals surface area contributed by atoms with E-state index < -0.39 is 0 Å². The number of β-amino-alcohol motifs (C(OH)–C–C–N with tert-alkyl or cyclic N) is 1. The molecule has 1 saturated heterocycles. The van der Waals surface area contributed by atoms with Crippen LogP contribution in [0.4, 0.5) is 0 Å². The molecule has 6 nitrogen and oxygen atoms in total. The Kier molecular flexibility index (Phi) is 5.34.